The maximum atomic E-state index is 5.12. The van der Waals surface area contributed by atoms with Crippen LogP contribution in [0.2, 0.25) is 0 Å². The van der Waals surface area contributed by atoms with Crippen molar-refractivity contribution in [3.8, 4) is 0 Å². The number of rotatable bonds is 7. The summed E-state index contributed by atoms with van der Waals surface area (Å²) in [6, 6.07) is 0. The molecule has 0 saturated heterocycles. The van der Waals surface area contributed by atoms with Gasteiger partial charge in [0.25, 0.3) is 0 Å². The Hall–Kier alpha value is -1.89. The summed E-state index contributed by atoms with van der Waals surface area (Å²) in [5.74, 6) is 1.79. The predicted octanol–water partition coefficient (Wildman–Crippen LogP) is 1.48. The molecule has 0 spiro atoms. The first-order chi connectivity index (χ1) is 9.24. The van der Waals surface area contributed by atoms with Crippen LogP contribution in [0.4, 0.5) is 11.8 Å². The average molecular weight is 264 g/mol. The van der Waals surface area contributed by atoms with Crippen LogP contribution >= 0.6 is 0 Å². The number of H-pyrrole nitrogens is 1. The Morgan fingerprint density at radius 3 is 2.95 bits per heavy atom. The maximum absolute atomic E-state index is 5.12. The van der Waals surface area contributed by atoms with E-state index in [-0.39, 0.29) is 0 Å². The summed E-state index contributed by atoms with van der Waals surface area (Å²) in [6.45, 7) is 6.41. The number of hydrogen-bond acceptors (Lipinski definition) is 6. The predicted molar refractivity (Wildman–Crippen MR) is 75.4 cm³/mol. The van der Waals surface area contributed by atoms with E-state index in [0.29, 0.717) is 18.5 Å². The molecule has 0 aromatic carbocycles. The number of nitrogens with zero attached hydrogens (tertiary/aromatic N) is 3. The minimum Gasteiger partial charge on any atom is -0.384 e. The molecule has 2 rings (SSSR count). The molecule has 0 aliphatic rings. The van der Waals surface area contributed by atoms with Crippen molar-refractivity contribution >= 4 is 22.8 Å². The van der Waals surface area contributed by atoms with E-state index >= 15 is 0 Å². The third kappa shape index (κ3) is 3.31. The molecule has 19 heavy (non-hydrogen) atoms. The molecule has 7 nitrogen and oxygen atoms in total. The number of hydrogen-bond donors (Lipinski definition) is 3. The summed E-state index contributed by atoms with van der Waals surface area (Å²) in [5.41, 5.74) is 0.729. The molecule has 1 atom stereocenters. The molecular formula is C12H20N6O. The van der Waals surface area contributed by atoms with Gasteiger partial charge in [-0.3, -0.25) is 5.10 Å². The zero-order valence-corrected chi connectivity index (χ0v) is 11.5. The zero-order valence-electron chi connectivity index (χ0n) is 11.5. The normalized spacial score (nSPS) is 12.6. The highest BCUT2D eigenvalue weighted by molar-refractivity contribution is 5.86. The van der Waals surface area contributed by atoms with Gasteiger partial charge in [-0.1, -0.05) is 6.92 Å². The molecule has 7 heteroatoms. The summed E-state index contributed by atoms with van der Waals surface area (Å²) in [4.78, 5) is 8.80. The van der Waals surface area contributed by atoms with Crippen molar-refractivity contribution in [3.63, 3.8) is 0 Å². The van der Waals surface area contributed by atoms with Gasteiger partial charge in [0, 0.05) is 20.2 Å². The van der Waals surface area contributed by atoms with E-state index in [1.165, 1.54) is 0 Å². The van der Waals surface area contributed by atoms with Gasteiger partial charge in [-0.05, 0) is 12.8 Å². The Bertz CT molecular complexity index is 526. The van der Waals surface area contributed by atoms with Crippen molar-refractivity contribution in [3.05, 3.63) is 6.20 Å². The second-order valence-electron chi connectivity index (χ2n) is 4.50. The van der Waals surface area contributed by atoms with E-state index in [9.17, 15) is 0 Å². The molecule has 0 aliphatic carbocycles. The highest BCUT2D eigenvalue weighted by Gasteiger charge is 2.10. The van der Waals surface area contributed by atoms with Crippen molar-refractivity contribution in [2.75, 3.05) is 37.4 Å². The Morgan fingerprint density at radius 2 is 2.21 bits per heavy atom. The lowest BCUT2D eigenvalue weighted by molar-refractivity contribution is 0.164. The lowest BCUT2D eigenvalue weighted by Crippen LogP contribution is -2.17. The van der Waals surface area contributed by atoms with Crippen LogP contribution < -0.4 is 10.6 Å². The van der Waals surface area contributed by atoms with E-state index in [0.717, 1.165) is 29.9 Å². The van der Waals surface area contributed by atoms with Gasteiger partial charge in [-0.25, -0.2) is 0 Å². The van der Waals surface area contributed by atoms with Crippen LogP contribution in [0.15, 0.2) is 6.20 Å². The van der Waals surface area contributed by atoms with E-state index < -0.39 is 0 Å². The zero-order chi connectivity index (χ0) is 13.7. The van der Waals surface area contributed by atoms with Gasteiger partial charge in [0.1, 0.15) is 5.82 Å². The van der Waals surface area contributed by atoms with E-state index in [2.05, 4.69) is 37.7 Å². The number of nitrogens with one attached hydrogen (secondary N) is 3. The number of methoxy groups -OCH3 is 1. The van der Waals surface area contributed by atoms with Crippen LogP contribution in [0.3, 0.4) is 0 Å². The number of aromatic amines is 1. The smallest absolute Gasteiger partial charge is 0.226 e. The lowest BCUT2D eigenvalue weighted by Gasteiger charge is -2.13. The Labute approximate surface area is 112 Å². The number of anilines is 2. The molecule has 2 aromatic heterocycles. The SMILES string of the molecule is CCNc1nc(NCC(C)COC)c2cn[nH]c2n1. The minimum absolute atomic E-state index is 0.407. The molecule has 0 bridgehead atoms. The van der Waals surface area contributed by atoms with Crippen LogP contribution in [0.1, 0.15) is 13.8 Å². The summed E-state index contributed by atoms with van der Waals surface area (Å²) in [7, 11) is 1.71. The van der Waals surface area contributed by atoms with Crippen molar-refractivity contribution in [1.82, 2.24) is 20.2 Å². The fraction of sp³-hybridized carbons (Fsp3) is 0.583. The first-order valence-electron chi connectivity index (χ1n) is 6.42. The summed E-state index contributed by atoms with van der Waals surface area (Å²) in [5, 5.41) is 14.2. The second-order valence-corrected chi connectivity index (χ2v) is 4.50. The molecule has 2 aromatic rings. The Kier molecular flexibility index (Phi) is 4.51. The van der Waals surface area contributed by atoms with Crippen molar-refractivity contribution in [1.29, 1.82) is 0 Å². The van der Waals surface area contributed by atoms with Gasteiger partial charge in [0.15, 0.2) is 5.65 Å². The molecule has 0 fully saturated rings. The van der Waals surface area contributed by atoms with Gasteiger partial charge in [0.2, 0.25) is 5.95 Å². The van der Waals surface area contributed by atoms with Gasteiger partial charge in [0.05, 0.1) is 18.2 Å². The highest BCUT2D eigenvalue weighted by Crippen LogP contribution is 2.20. The van der Waals surface area contributed by atoms with Crippen molar-refractivity contribution < 1.29 is 4.74 Å². The van der Waals surface area contributed by atoms with Crippen LogP contribution in [0.25, 0.3) is 11.0 Å². The van der Waals surface area contributed by atoms with E-state index in [1.54, 1.807) is 13.3 Å². The first kappa shape index (κ1) is 13.5. The maximum Gasteiger partial charge on any atom is 0.226 e. The van der Waals surface area contributed by atoms with E-state index in [1.807, 2.05) is 6.92 Å². The second kappa shape index (κ2) is 6.33. The molecule has 0 saturated carbocycles. The minimum atomic E-state index is 0.407. The Morgan fingerprint density at radius 1 is 1.37 bits per heavy atom. The summed E-state index contributed by atoms with van der Waals surface area (Å²) >= 11 is 0. The van der Waals surface area contributed by atoms with Crippen LogP contribution in [-0.4, -0.2) is 47.0 Å². The molecule has 2 heterocycles. The third-order valence-corrected chi connectivity index (χ3v) is 2.71. The molecule has 1 unspecified atom stereocenters. The molecule has 0 radical (unpaired) electrons. The number of ether oxygens (including phenoxy) is 1. The quantitative estimate of drug-likeness (QED) is 0.702. The monoisotopic (exact) mass is 264 g/mol. The molecule has 0 aliphatic heterocycles. The fourth-order valence-corrected chi connectivity index (χ4v) is 1.82. The van der Waals surface area contributed by atoms with Crippen molar-refractivity contribution in [2.45, 2.75) is 13.8 Å². The average Bonchev–Trinajstić information content (AvgIpc) is 2.85. The molecule has 0 amide bonds. The lowest BCUT2D eigenvalue weighted by atomic mass is 10.2. The standard InChI is InChI=1S/C12H20N6O/c1-4-13-12-16-10(14-5-8(2)7-19-3)9-6-15-18-11(9)17-12/h6,8H,4-5,7H2,1-3H3,(H3,13,14,15,16,17,18). The summed E-state index contributed by atoms with van der Waals surface area (Å²) in [6.07, 6.45) is 1.73. The highest BCUT2D eigenvalue weighted by atomic mass is 16.5. The largest absolute Gasteiger partial charge is 0.384 e. The van der Waals surface area contributed by atoms with Gasteiger partial charge >= 0.3 is 0 Å². The Balaban J connectivity index is 2.17. The van der Waals surface area contributed by atoms with Crippen LogP contribution in [0.5, 0.6) is 0 Å². The van der Waals surface area contributed by atoms with Gasteiger partial charge < -0.3 is 15.4 Å². The molecular weight excluding hydrogens is 244 g/mol. The summed E-state index contributed by atoms with van der Waals surface area (Å²) < 4.78 is 5.12. The molecule has 3 N–H and O–H groups in total. The number of fused-ring (bicyclic) bond motifs is 1. The van der Waals surface area contributed by atoms with Gasteiger partial charge in [-0.2, -0.15) is 15.1 Å². The fourth-order valence-electron chi connectivity index (χ4n) is 1.82. The first-order valence-corrected chi connectivity index (χ1v) is 6.42. The van der Waals surface area contributed by atoms with Gasteiger partial charge in [-0.15, -0.1) is 0 Å². The third-order valence-electron chi connectivity index (χ3n) is 2.71. The van der Waals surface area contributed by atoms with Crippen LogP contribution in [-0.2, 0) is 4.74 Å². The topological polar surface area (TPSA) is 87.8 Å². The molecule has 104 valence electrons. The van der Waals surface area contributed by atoms with Crippen LogP contribution in [0, 0.1) is 5.92 Å². The van der Waals surface area contributed by atoms with Crippen molar-refractivity contribution in [2.24, 2.45) is 5.92 Å². The number of aromatic nitrogens is 4. The van der Waals surface area contributed by atoms with E-state index in [4.69, 9.17) is 4.74 Å².